The zero-order valence-corrected chi connectivity index (χ0v) is 21.4. The highest BCUT2D eigenvalue weighted by Gasteiger charge is 2.28. The minimum absolute atomic E-state index is 0.173. The van der Waals surface area contributed by atoms with Crippen LogP contribution in [0.1, 0.15) is 60.9 Å². The van der Waals surface area contributed by atoms with Crippen molar-refractivity contribution in [3.63, 3.8) is 0 Å². The van der Waals surface area contributed by atoms with Crippen molar-refractivity contribution in [3.8, 4) is 11.4 Å². The quantitative estimate of drug-likeness (QED) is 0.186. The highest BCUT2D eigenvalue weighted by atomic mass is 19.1. The van der Waals surface area contributed by atoms with Gasteiger partial charge in [-0.2, -0.15) is 0 Å². The number of hydrogen-bond acceptors (Lipinski definition) is 3. The van der Waals surface area contributed by atoms with Gasteiger partial charge in [0.25, 0.3) is 6.47 Å². The highest BCUT2D eigenvalue weighted by molar-refractivity contribution is 5.70. The Labute approximate surface area is 222 Å². The van der Waals surface area contributed by atoms with Crippen LogP contribution in [0.5, 0.6) is 0 Å². The first-order valence-electron chi connectivity index (χ1n) is 12.4. The summed E-state index contributed by atoms with van der Waals surface area (Å²) in [5.41, 5.74) is 3.83. The molecule has 1 fully saturated rings. The van der Waals surface area contributed by atoms with Gasteiger partial charge in [-0.05, 0) is 66.1 Å². The minimum Gasteiger partial charge on any atom is -0.513 e. The topological polar surface area (TPSA) is 102 Å². The summed E-state index contributed by atoms with van der Waals surface area (Å²) in [7, 11) is 0. The summed E-state index contributed by atoms with van der Waals surface area (Å²) in [5, 5.41) is 17.0. The van der Waals surface area contributed by atoms with E-state index >= 15 is 4.39 Å². The predicted molar refractivity (Wildman–Crippen MR) is 143 cm³/mol. The number of aliphatic hydroxyl groups is 1. The van der Waals surface area contributed by atoms with Gasteiger partial charge in [-0.3, -0.25) is 4.79 Å². The number of nitrogens with one attached hydrogen (secondary N) is 2. The molecule has 1 aliphatic carbocycles. The van der Waals surface area contributed by atoms with Crippen LogP contribution in [0.15, 0.2) is 66.9 Å². The molecule has 39 heavy (non-hydrogen) atoms. The monoisotopic (exact) mass is 535 g/mol. The van der Waals surface area contributed by atoms with Crippen LogP contribution in [-0.4, -0.2) is 31.6 Å². The first kappa shape index (κ1) is 27.5. The predicted octanol–water partition coefficient (Wildman–Crippen LogP) is 5.78. The van der Waals surface area contributed by atoms with E-state index in [1.807, 2.05) is 26.0 Å². The van der Waals surface area contributed by atoms with Gasteiger partial charge in [0.05, 0.1) is 5.56 Å². The number of nitrogens with zero attached hydrogens (tertiary/aromatic N) is 1. The number of imidazole rings is 1. The minimum atomic E-state index is -0.789. The zero-order valence-electron chi connectivity index (χ0n) is 21.4. The van der Waals surface area contributed by atoms with Gasteiger partial charge in [-0.25, -0.2) is 18.2 Å². The van der Waals surface area contributed by atoms with E-state index in [0.29, 0.717) is 39.8 Å². The van der Waals surface area contributed by atoms with Gasteiger partial charge in [-0.1, -0.05) is 31.2 Å². The number of aliphatic hydroxyl groups excluding tert-OH is 1. The van der Waals surface area contributed by atoms with Crippen LogP contribution >= 0.6 is 0 Å². The Hall–Kier alpha value is -4.53. The van der Waals surface area contributed by atoms with E-state index in [0.717, 1.165) is 29.5 Å². The summed E-state index contributed by atoms with van der Waals surface area (Å²) in [6.07, 6.45) is 6.89. The van der Waals surface area contributed by atoms with E-state index in [1.54, 1.807) is 36.7 Å². The fourth-order valence-corrected chi connectivity index (χ4v) is 4.57. The molecule has 0 saturated heterocycles. The number of carbonyl (C=O) groups is 1. The molecule has 0 bridgehead atoms. The lowest BCUT2D eigenvalue weighted by Crippen LogP contribution is -2.24. The third kappa shape index (κ3) is 5.98. The van der Waals surface area contributed by atoms with Crippen LogP contribution in [0, 0.1) is 11.6 Å². The number of benzene rings is 2. The van der Waals surface area contributed by atoms with Crippen molar-refractivity contribution in [3.05, 3.63) is 112 Å². The second kappa shape index (κ2) is 11.9. The van der Waals surface area contributed by atoms with Gasteiger partial charge in [0.15, 0.2) is 5.83 Å². The van der Waals surface area contributed by atoms with Crippen molar-refractivity contribution >= 4 is 18.1 Å². The van der Waals surface area contributed by atoms with Gasteiger partial charge < -0.3 is 20.2 Å². The second-order valence-electron chi connectivity index (χ2n) is 9.32. The lowest BCUT2D eigenvalue weighted by molar-refractivity contribution is -0.122. The Kier molecular flexibility index (Phi) is 8.39. The molecule has 202 valence electrons. The number of carboxylic acid groups (broad SMARTS) is 1. The molecule has 1 aliphatic rings. The van der Waals surface area contributed by atoms with Gasteiger partial charge in [0.2, 0.25) is 0 Å². The van der Waals surface area contributed by atoms with E-state index in [9.17, 15) is 8.78 Å². The van der Waals surface area contributed by atoms with Crippen LogP contribution in [0.3, 0.4) is 0 Å². The lowest BCUT2D eigenvalue weighted by Gasteiger charge is -2.13. The molecule has 2 aromatic heterocycles. The summed E-state index contributed by atoms with van der Waals surface area (Å²) in [5.74, 6) is -1.04. The maximum atomic E-state index is 15.2. The van der Waals surface area contributed by atoms with Crippen LogP contribution in [0.25, 0.3) is 23.0 Å². The van der Waals surface area contributed by atoms with Gasteiger partial charge >= 0.3 is 0 Å². The summed E-state index contributed by atoms with van der Waals surface area (Å²) in [6.45, 7) is 3.50. The van der Waals surface area contributed by atoms with E-state index in [2.05, 4.69) is 15.0 Å². The summed E-state index contributed by atoms with van der Waals surface area (Å²) in [6, 6.07) is 12.0. The third-order valence-electron chi connectivity index (χ3n) is 6.85. The third-order valence-corrected chi connectivity index (χ3v) is 6.85. The van der Waals surface area contributed by atoms with Crippen LogP contribution in [0.4, 0.5) is 13.2 Å². The van der Waals surface area contributed by atoms with E-state index < -0.39 is 11.6 Å². The summed E-state index contributed by atoms with van der Waals surface area (Å²) >= 11 is 0. The molecule has 5 rings (SSSR count). The molecule has 0 spiro atoms. The first-order chi connectivity index (χ1) is 18.8. The number of halogens is 3. The summed E-state index contributed by atoms with van der Waals surface area (Å²) in [4.78, 5) is 18.9. The first-order valence-corrected chi connectivity index (χ1v) is 12.4. The van der Waals surface area contributed by atoms with Crippen molar-refractivity contribution < 1.29 is 28.2 Å². The number of aromatic amines is 2. The van der Waals surface area contributed by atoms with Crippen molar-refractivity contribution in [1.82, 2.24) is 15.0 Å². The Balaban J connectivity index is 0.00000112. The largest absolute Gasteiger partial charge is 0.513 e. The van der Waals surface area contributed by atoms with E-state index in [-0.39, 0.29) is 23.8 Å². The van der Waals surface area contributed by atoms with Crippen LogP contribution < -0.4 is 10.6 Å². The normalized spacial score (nSPS) is 15.4. The molecule has 0 amide bonds. The molecular weight excluding hydrogens is 507 g/mol. The molecule has 0 aliphatic heterocycles. The number of rotatable bonds is 6. The molecule has 1 atom stereocenters. The molecule has 2 heterocycles. The summed E-state index contributed by atoms with van der Waals surface area (Å²) < 4.78 is 43.6. The SMILES string of the molecule is C\C(c1ccc(F)c(-c2ncc(C(C)c3cccc(C4CC4)c3F)[nH]2)c1)=c1/cc[nH]/c1=C/C(F)=C/O.O=CO. The van der Waals surface area contributed by atoms with Crippen LogP contribution in [0.2, 0.25) is 0 Å². The standard InChI is InChI=1S/C29H26F3N3O.CH2O2/c1-16(21-10-11-33-26(21)13-20(30)15-36)19-8-9-25(31)24(12-19)29-34-14-27(35-29)17(2)22-4-3-5-23(28(22)32)18-6-7-18;2-1-3/h3-5,8-15,17-18,33,36H,6-7H2,1-2H3,(H,34,35);1H,(H,2,3)/b20-15-,21-16-,26-13+;. The van der Waals surface area contributed by atoms with Crippen molar-refractivity contribution in [2.45, 2.75) is 38.5 Å². The second-order valence-corrected chi connectivity index (χ2v) is 9.32. The lowest BCUT2D eigenvalue weighted by atomic mass is 9.94. The Bertz CT molecular complexity index is 1630. The fraction of sp³-hybridized carbons (Fsp3) is 0.200. The maximum absolute atomic E-state index is 15.2. The van der Waals surface area contributed by atoms with Crippen LogP contribution in [-0.2, 0) is 4.79 Å². The zero-order chi connectivity index (χ0) is 28.1. The molecule has 4 N–H and O–H groups in total. The Morgan fingerprint density at radius 2 is 1.90 bits per heavy atom. The van der Waals surface area contributed by atoms with Crippen molar-refractivity contribution in [1.29, 1.82) is 0 Å². The van der Waals surface area contributed by atoms with E-state index in [4.69, 9.17) is 15.0 Å². The Morgan fingerprint density at radius 3 is 2.59 bits per heavy atom. The van der Waals surface area contributed by atoms with Crippen molar-refractivity contribution in [2.24, 2.45) is 0 Å². The fourth-order valence-electron chi connectivity index (χ4n) is 4.57. The van der Waals surface area contributed by atoms with Gasteiger partial charge in [0, 0.05) is 40.6 Å². The maximum Gasteiger partial charge on any atom is 0.290 e. The van der Waals surface area contributed by atoms with Gasteiger partial charge in [-0.15, -0.1) is 0 Å². The number of hydrogen-bond donors (Lipinski definition) is 4. The van der Waals surface area contributed by atoms with Crippen molar-refractivity contribution in [2.75, 3.05) is 0 Å². The Morgan fingerprint density at radius 1 is 1.15 bits per heavy atom. The molecule has 1 unspecified atom stereocenters. The molecule has 1 saturated carbocycles. The number of allylic oxidation sites excluding steroid dienone is 1. The molecule has 4 aromatic rings. The van der Waals surface area contributed by atoms with Gasteiger partial charge in [0.1, 0.15) is 23.7 Å². The number of H-pyrrole nitrogens is 2. The molecule has 0 radical (unpaired) electrons. The average molecular weight is 536 g/mol. The molecule has 2 aromatic carbocycles. The number of aromatic nitrogens is 3. The highest BCUT2D eigenvalue weighted by Crippen LogP contribution is 2.43. The average Bonchev–Trinajstić information content (AvgIpc) is 3.47. The molecule has 9 heteroatoms. The van der Waals surface area contributed by atoms with E-state index in [1.165, 1.54) is 12.1 Å². The molecule has 6 nitrogen and oxygen atoms in total. The smallest absolute Gasteiger partial charge is 0.290 e. The molecular formula is C30H28F3N3O3.